The summed E-state index contributed by atoms with van der Waals surface area (Å²) < 4.78 is 0. The molecule has 0 bridgehead atoms. The van der Waals surface area contributed by atoms with Crippen molar-refractivity contribution in [2.45, 2.75) is 13.0 Å². The molecular weight excluding hydrogens is 295 g/mol. The zero-order chi connectivity index (χ0) is 13.1. The average molecular weight is 304 g/mol. The van der Waals surface area contributed by atoms with Crippen LogP contribution in [0, 0.1) is 0 Å². The molecule has 1 N–H and O–H groups in total. The monoisotopic (exact) mass is 302 g/mol. The van der Waals surface area contributed by atoms with Crippen molar-refractivity contribution in [1.82, 2.24) is 15.2 Å². The van der Waals surface area contributed by atoms with Crippen LogP contribution in [0.15, 0.2) is 24.3 Å². The maximum absolute atomic E-state index is 5.87. The summed E-state index contributed by atoms with van der Waals surface area (Å²) in [6.45, 7) is 1.97. The van der Waals surface area contributed by atoms with Gasteiger partial charge in [0.1, 0.15) is 0 Å². The van der Waals surface area contributed by atoms with Gasteiger partial charge in [0.25, 0.3) is 0 Å². The van der Waals surface area contributed by atoms with Crippen LogP contribution < -0.4 is 5.32 Å². The normalized spacial score (nSPS) is 12.2. The summed E-state index contributed by atoms with van der Waals surface area (Å²) in [5.41, 5.74) is 1.05. The molecule has 0 fully saturated rings. The first kappa shape index (κ1) is 13.3. The smallest absolute Gasteiger partial charge is 0.245 e. The first-order valence-electron chi connectivity index (χ1n) is 5.14. The molecule has 2 rings (SSSR count). The fourth-order valence-corrected chi connectivity index (χ4v) is 1.81. The minimum atomic E-state index is -0.00691. The van der Waals surface area contributed by atoms with Gasteiger partial charge in [0.05, 0.1) is 6.04 Å². The molecule has 0 saturated heterocycles. The van der Waals surface area contributed by atoms with Gasteiger partial charge in [-0.25, -0.2) is 0 Å². The number of rotatable bonds is 3. The molecule has 4 nitrogen and oxygen atoms in total. The SMILES string of the molecule is CC(Nc1nc(Cl)nnc1Cl)c1ccc(Cl)cc1. The fourth-order valence-electron chi connectivity index (χ4n) is 1.42. The largest absolute Gasteiger partial charge is 0.361 e. The highest BCUT2D eigenvalue weighted by Crippen LogP contribution is 2.23. The Morgan fingerprint density at radius 1 is 1.06 bits per heavy atom. The zero-order valence-corrected chi connectivity index (χ0v) is 11.6. The van der Waals surface area contributed by atoms with E-state index in [1.54, 1.807) is 0 Å². The van der Waals surface area contributed by atoms with Gasteiger partial charge < -0.3 is 5.32 Å². The Labute approximate surface area is 119 Å². The van der Waals surface area contributed by atoms with Gasteiger partial charge in [0.15, 0.2) is 11.0 Å². The van der Waals surface area contributed by atoms with Crippen molar-refractivity contribution in [1.29, 1.82) is 0 Å². The Morgan fingerprint density at radius 3 is 2.39 bits per heavy atom. The first-order valence-corrected chi connectivity index (χ1v) is 6.27. The second-order valence-corrected chi connectivity index (χ2v) is 4.77. The molecule has 18 heavy (non-hydrogen) atoms. The average Bonchev–Trinajstić information content (AvgIpc) is 2.34. The molecule has 0 radical (unpaired) electrons. The molecule has 0 aliphatic heterocycles. The van der Waals surface area contributed by atoms with Gasteiger partial charge in [-0.3, -0.25) is 0 Å². The van der Waals surface area contributed by atoms with Crippen LogP contribution in [-0.2, 0) is 0 Å². The van der Waals surface area contributed by atoms with E-state index in [0.717, 1.165) is 5.56 Å². The Hall–Kier alpha value is -1.10. The van der Waals surface area contributed by atoms with Crippen LogP contribution >= 0.6 is 34.8 Å². The van der Waals surface area contributed by atoms with Crippen molar-refractivity contribution in [2.75, 3.05) is 5.32 Å². The Morgan fingerprint density at radius 2 is 1.72 bits per heavy atom. The third-order valence-corrected chi connectivity index (χ3v) is 3.01. The van der Waals surface area contributed by atoms with E-state index in [2.05, 4.69) is 20.5 Å². The lowest BCUT2D eigenvalue weighted by Crippen LogP contribution is -2.09. The van der Waals surface area contributed by atoms with Crippen LogP contribution in [0.1, 0.15) is 18.5 Å². The standard InChI is InChI=1S/C11H9Cl3N4/c1-6(7-2-4-8(12)5-3-7)15-10-9(13)17-18-11(14)16-10/h2-6H,1H3,(H,15,16,18). The first-order chi connectivity index (χ1) is 8.56. The van der Waals surface area contributed by atoms with Crippen LogP contribution in [0.25, 0.3) is 0 Å². The van der Waals surface area contributed by atoms with Gasteiger partial charge in [-0.2, -0.15) is 4.98 Å². The van der Waals surface area contributed by atoms with Gasteiger partial charge in [0.2, 0.25) is 5.28 Å². The van der Waals surface area contributed by atoms with E-state index in [1.165, 1.54) is 0 Å². The predicted octanol–water partition coefficient (Wildman–Crippen LogP) is 4.00. The number of hydrogen-bond donors (Lipinski definition) is 1. The van der Waals surface area contributed by atoms with E-state index in [9.17, 15) is 0 Å². The summed E-state index contributed by atoms with van der Waals surface area (Å²) in [6, 6.07) is 7.48. The molecule has 94 valence electrons. The van der Waals surface area contributed by atoms with Gasteiger partial charge in [-0.1, -0.05) is 35.3 Å². The lowest BCUT2D eigenvalue weighted by Gasteiger charge is -2.15. The predicted molar refractivity (Wildman–Crippen MR) is 73.3 cm³/mol. The summed E-state index contributed by atoms with van der Waals surface area (Å²) >= 11 is 17.4. The minimum Gasteiger partial charge on any atom is -0.361 e. The summed E-state index contributed by atoms with van der Waals surface area (Å²) in [4.78, 5) is 3.98. The lowest BCUT2D eigenvalue weighted by molar-refractivity contribution is 0.859. The molecule has 0 aliphatic carbocycles. The molecular formula is C11H9Cl3N4. The van der Waals surface area contributed by atoms with E-state index >= 15 is 0 Å². The Balaban J connectivity index is 2.18. The molecule has 1 unspecified atom stereocenters. The van der Waals surface area contributed by atoms with Crippen LogP contribution in [-0.4, -0.2) is 15.2 Å². The van der Waals surface area contributed by atoms with Crippen molar-refractivity contribution in [3.63, 3.8) is 0 Å². The molecule has 1 aromatic carbocycles. The third kappa shape index (κ3) is 3.22. The number of anilines is 1. The van der Waals surface area contributed by atoms with Gasteiger partial charge >= 0.3 is 0 Å². The molecule has 0 spiro atoms. The number of benzene rings is 1. The summed E-state index contributed by atoms with van der Waals surface area (Å²) in [7, 11) is 0. The van der Waals surface area contributed by atoms with Crippen LogP contribution in [0.2, 0.25) is 15.5 Å². The van der Waals surface area contributed by atoms with Crippen LogP contribution in [0.5, 0.6) is 0 Å². The minimum absolute atomic E-state index is 0.00691. The lowest BCUT2D eigenvalue weighted by atomic mass is 10.1. The second kappa shape index (κ2) is 5.69. The van der Waals surface area contributed by atoms with Crippen molar-refractivity contribution < 1.29 is 0 Å². The number of aromatic nitrogens is 3. The maximum Gasteiger partial charge on any atom is 0.245 e. The number of hydrogen-bond acceptors (Lipinski definition) is 4. The van der Waals surface area contributed by atoms with Gasteiger partial charge in [0, 0.05) is 5.02 Å². The van der Waals surface area contributed by atoms with Crippen molar-refractivity contribution in [3.8, 4) is 0 Å². The highest BCUT2D eigenvalue weighted by atomic mass is 35.5. The maximum atomic E-state index is 5.87. The molecule has 0 aliphatic rings. The van der Waals surface area contributed by atoms with E-state index in [0.29, 0.717) is 10.8 Å². The Kier molecular flexibility index (Phi) is 4.22. The van der Waals surface area contributed by atoms with E-state index < -0.39 is 0 Å². The molecule has 0 amide bonds. The van der Waals surface area contributed by atoms with E-state index in [4.69, 9.17) is 34.8 Å². The molecule has 7 heteroatoms. The third-order valence-electron chi connectivity index (χ3n) is 2.34. The number of halogens is 3. The fraction of sp³-hybridized carbons (Fsp3) is 0.182. The highest BCUT2D eigenvalue weighted by Gasteiger charge is 2.11. The van der Waals surface area contributed by atoms with Crippen LogP contribution in [0.4, 0.5) is 5.82 Å². The summed E-state index contributed by atoms with van der Waals surface area (Å²) in [5, 5.41) is 11.3. The topological polar surface area (TPSA) is 50.7 Å². The van der Waals surface area contributed by atoms with Crippen molar-refractivity contribution >= 4 is 40.6 Å². The van der Waals surface area contributed by atoms with E-state index in [-0.39, 0.29) is 16.5 Å². The highest BCUT2D eigenvalue weighted by molar-refractivity contribution is 6.32. The molecule has 0 saturated carbocycles. The Bertz CT molecular complexity index is 544. The van der Waals surface area contributed by atoms with Crippen molar-refractivity contribution in [2.24, 2.45) is 0 Å². The number of nitrogens with one attached hydrogen (secondary N) is 1. The molecule has 1 heterocycles. The summed E-state index contributed by atoms with van der Waals surface area (Å²) in [6.07, 6.45) is 0. The molecule has 1 atom stereocenters. The zero-order valence-electron chi connectivity index (χ0n) is 9.36. The van der Waals surface area contributed by atoms with Gasteiger partial charge in [-0.15, -0.1) is 10.2 Å². The molecule has 2 aromatic rings. The molecule has 1 aromatic heterocycles. The van der Waals surface area contributed by atoms with E-state index in [1.807, 2.05) is 31.2 Å². The quantitative estimate of drug-likeness (QED) is 0.931. The summed E-state index contributed by atoms with van der Waals surface area (Å²) in [5.74, 6) is 0.402. The van der Waals surface area contributed by atoms with Crippen molar-refractivity contribution in [3.05, 3.63) is 45.3 Å². The van der Waals surface area contributed by atoms with Gasteiger partial charge in [-0.05, 0) is 36.2 Å². The second-order valence-electron chi connectivity index (χ2n) is 3.64. The van der Waals surface area contributed by atoms with Crippen LogP contribution in [0.3, 0.4) is 0 Å². The number of nitrogens with zero attached hydrogens (tertiary/aromatic N) is 3.